The van der Waals surface area contributed by atoms with Gasteiger partial charge in [0, 0.05) is 0 Å². The van der Waals surface area contributed by atoms with Gasteiger partial charge >= 0.3 is 0 Å². The molecule has 1 aromatic carbocycles. The number of hydrogen-bond donors (Lipinski definition) is 2. The molecule has 6 heteroatoms. The molecular weight excluding hydrogens is 330 g/mol. The maximum atomic E-state index is 12.9. The van der Waals surface area contributed by atoms with Gasteiger partial charge in [0.15, 0.2) is 0 Å². The average molecular weight is 361 g/mol. The highest BCUT2D eigenvalue weighted by molar-refractivity contribution is 5.99. The standard InChI is InChI=1S/C20H31N3O3/c1-15(2)20(26,16(3)4)19(25)21-23(17-10-6-5-7-11-17)18(24)14-22-12-8-9-13-22/h5-7,10-11,15-16,26H,8-9,12-14H2,1-4H3,(H,21,25). The number of rotatable bonds is 6. The molecule has 1 aromatic rings. The molecular formula is C20H31N3O3. The van der Waals surface area contributed by atoms with Crippen molar-refractivity contribution >= 4 is 17.5 Å². The molecule has 2 amide bonds. The molecule has 0 atom stereocenters. The third kappa shape index (κ3) is 4.43. The number of nitrogens with zero attached hydrogens (tertiary/aromatic N) is 2. The molecule has 1 aliphatic heterocycles. The number of hydrogen-bond acceptors (Lipinski definition) is 4. The van der Waals surface area contributed by atoms with Crippen LogP contribution in [0.15, 0.2) is 30.3 Å². The fourth-order valence-electron chi connectivity index (χ4n) is 3.43. The van der Waals surface area contributed by atoms with Crippen LogP contribution in [0.5, 0.6) is 0 Å². The summed E-state index contributed by atoms with van der Waals surface area (Å²) in [5, 5.41) is 12.2. The Labute approximate surface area is 156 Å². The summed E-state index contributed by atoms with van der Waals surface area (Å²) < 4.78 is 0. The molecule has 0 saturated carbocycles. The average Bonchev–Trinajstić information content (AvgIpc) is 3.11. The first kappa shape index (κ1) is 20.4. The summed E-state index contributed by atoms with van der Waals surface area (Å²) in [6.07, 6.45) is 2.18. The van der Waals surface area contributed by atoms with Crippen LogP contribution in [0, 0.1) is 11.8 Å². The molecule has 144 valence electrons. The maximum Gasteiger partial charge on any atom is 0.271 e. The molecule has 2 rings (SSSR count). The number of benzene rings is 1. The molecule has 0 spiro atoms. The third-order valence-corrected chi connectivity index (χ3v) is 5.16. The fraction of sp³-hybridized carbons (Fsp3) is 0.600. The summed E-state index contributed by atoms with van der Waals surface area (Å²) in [6, 6.07) is 9.02. The summed E-state index contributed by atoms with van der Waals surface area (Å²) in [5.74, 6) is -1.33. The number of para-hydroxylation sites is 1. The highest BCUT2D eigenvalue weighted by atomic mass is 16.3. The first-order valence-corrected chi connectivity index (χ1v) is 9.40. The van der Waals surface area contributed by atoms with E-state index in [9.17, 15) is 14.7 Å². The zero-order chi connectivity index (χ0) is 19.3. The second-order valence-electron chi connectivity index (χ2n) is 7.62. The van der Waals surface area contributed by atoms with Crippen LogP contribution in [-0.2, 0) is 9.59 Å². The van der Waals surface area contributed by atoms with E-state index >= 15 is 0 Å². The summed E-state index contributed by atoms with van der Waals surface area (Å²) in [4.78, 5) is 27.9. The van der Waals surface area contributed by atoms with E-state index in [0.717, 1.165) is 25.9 Å². The Kier molecular flexibility index (Phi) is 6.78. The highest BCUT2D eigenvalue weighted by Crippen LogP contribution is 2.27. The van der Waals surface area contributed by atoms with Crippen molar-refractivity contribution in [3.63, 3.8) is 0 Å². The van der Waals surface area contributed by atoms with Crippen molar-refractivity contribution in [1.82, 2.24) is 10.3 Å². The van der Waals surface area contributed by atoms with E-state index in [1.54, 1.807) is 39.8 Å². The highest BCUT2D eigenvalue weighted by Gasteiger charge is 2.43. The smallest absolute Gasteiger partial charge is 0.271 e. The zero-order valence-electron chi connectivity index (χ0n) is 16.2. The lowest BCUT2D eigenvalue weighted by atomic mass is 9.80. The Morgan fingerprint density at radius 2 is 1.65 bits per heavy atom. The first-order valence-electron chi connectivity index (χ1n) is 9.40. The van der Waals surface area contributed by atoms with Crippen molar-refractivity contribution < 1.29 is 14.7 Å². The van der Waals surface area contributed by atoms with Crippen LogP contribution in [0.3, 0.4) is 0 Å². The molecule has 6 nitrogen and oxygen atoms in total. The second-order valence-corrected chi connectivity index (χ2v) is 7.62. The number of nitrogens with one attached hydrogen (secondary N) is 1. The summed E-state index contributed by atoms with van der Waals surface area (Å²) in [7, 11) is 0. The van der Waals surface area contributed by atoms with Gasteiger partial charge in [0.1, 0.15) is 5.60 Å². The van der Waals surface area contributed by atoms with Crippen molar-refractivity contribution in [2.24, 2.45) is 11.8 Å². The third-order valence-electron chi connectivity index (χ3n) is 5.16. The van der Waals surface area contributed by atoms with E-state index in [-0.39, 0.29) is 24.3 Å². The summed E-state index contributed by atoms with van der Waals surface area (Å²) in [6.45, 7) is 9.25. The molecule has 0 aromatic heterocycles. The van der Waals surface area contributed by atoms with Gasteiger partial charge in [-0.1, -0.05) is 45.9 Å². The number of anilines is 1. The van der Waals surface area contributed by atoms with Crippen LogP contribution >= 0.6 is 0 Å². The van der Waals surface area contributed by atoms with Crippen molar-refractivity contribution in [2.45, 2.75) is 46.1 Å². The molecule has 0 aliphatic carbocycles. The van der Waals surface area contributed by atoms with Crippen LogP contribution in [0.1, 0.15) is 40.5 Å². The van der Waals surface area contributed by atoms with Crippen LogP contribution in [-0.4, -0.2) is 47.1 Å². The van der Waals surface area contributed by atoms with Gasteiger partial charge in [-0.25, -0.2) is 5.01 Å². The van der Waals surface area contributed by atoms with Gasteiger partial charge < -0.3 is 5.11 Å². The maximum absolute atomic E-state index is 12.9. The molecule has 0 bridgehead atoms. The molecule has 2 N–H and O–H groups in total. The quantitative estimate of drug-likeness (QED) is 0.762. The van der Waals surface area contributed by atoms with E-state index in [1.165, 1.54) is 5.01 Å². The lowest BCUT2D eigenvalue weighted by Gasteiger charge is -2.36. The lowest BCUT2D eigenvalue weighted by Crippen LogP contribution is -2.60. The molecule has 0 unspecified atom stereocenters. The number of carbonyl (C=O) groups excluding carboxylic acids is 2. The molecule has 1 aliphatic rings. The van der Waals surface area contributed by atoms with Gasteiger partial charge in [-0.15, -0.1) is 0 Å². The van der Waals surface area contributed by atoms with E-state index in [1.807, 2.05) is 18.2 Å². The normalized spacial score (nSPS) is 15.5. The Hall–Kier alpha value is -1.92. The Morgan fingerprint density at radius 1 is 1.12 bits per heavy atom. The van der Waals surface area contributed by atoms with Gasteiger partial charge in [-0.2, -0.15) is 0 Å². The van der Waals surface area contributed by atoms with Gasteiger partial charge in [0.2, 0.25) is 0 Å². The van der Waals surface area contributed by atoms with Crippen LogP contribution in [0.4, 0.5) is 5.69 Å². The van der Waals surface area contributed by atoms with Crippen LogP contribution in [0.25, 0.3) is 0 Å². The van der Waals surface area contributed by atoms with Gasteiger partial charge in [-0.3, -0.25) is 19.9 Å². The van der Waals surface area contributed by atoms with Gasteiger partial charge in [0.25, 0.3) is 11.8 Å². The number of amides is 2. The minimum Gasteiger partial charge on any atom is -0.379 e. The Morgan fingerprint density at radius 3 is 2.15 bits per heavy atom. The molecule has 26 heavy (non-hydrogen) atoms. The number of hydrazine groups is 1. The van der Waals surface area contributed by atoms with E-state index in [4.69, 9.17) is 0 Å². The SMILES string of the molecule is CC(C)C(O)(C(=O)NN(C(=O)CN1CCCC1)c1ccccc1)C(C)C. The minimum absolute atomic E-state index is 0.207. The summed E-state index contributed by atoms with van der Waals surface area (Å²) in [5.41, 5.74) is 1.71. The molecule has 0 radical (unpaired) electrons. The van der Waals surface area contributed by atoms with E-state index in [2.05, 4.69) is 10.3 Å². The van der Waals surface area contributed by atoms with Crippen LogP contribution < -0.4 is 10.4 Å². The lowest BCUT2D eigenvalue weighted by molar-refractivity contribution is -0.151. The first-order chi connectivity index (χ1) is 12.3. The Bertz CT molecular complexity index is 602. The monoisotopic (exact) mass is 361 g/mol. The molecule has 1 saturated heterocycles. The predicted octanol–water partition coefficient (Wildman–Crippen LogP) is 2.19. The van der Waals surface area contributed by atoms with Gasteiger partial charge in [0.05, 0.1) is 12.2 Å². The predicted molar refractivity (Wildman–Crippen MR) is 102 cm³/mol. The minimum atomic E-state index is -1.55. The number of carbonyl (C=O) groups is 2. The van der Waals surface area contributed by atoms with Gasteiger partial charge in [-0.05, 0) is 49.9 Å². The van der Waals surface area contributed by atoms with Crippen molar-refractivity contribution in [3.8, 4) is 0 Å². The largest absolute Gasteiger partial charge is 0.379 e. The van der Waals surface area contributed by atoms with Crippen molar-refractivity contribution in [3.05, 3.63) is 30.3 Å². The number of aliphatic hydroxyl groups is 1. The van der Waals surface area contributed by atoms with Crippen molar-refractivity contribution in [1.29, 1.82) is 0 Å². The summed E-state index contributed by atoms with van der Waals surface area (Å²) >= 11 is 0. The van der Waals surface area contributed by atoms with E-state index < -0.39 is 11.5 Å². The second kappa shape index (κ2) is 8.64. The van der Waals surface area contributed by atoms with Crippen LogP contribution in [0.2, 0.25) is 0 Å². The zero-order valence-corrected chi connectivity index (χ0v) is 16.2. The molecule has 1 heterocycles. The number of likely N-dealkylation sites (tertiary alicyclic amines) is 1. The topological polar surface area (TPSA) is 72.9 Å². The fourth-order valence-corrected chi connectivity index (χ4v) is 3.43. The van der Waals surface area contributed by atoms with E-state index in [0.29, 0.717) is 5.69 Å². The van der Waals surface area contributed by atoms with Crippen molar-refractivity contribution in [2.75, 3.05) is 24.6 Å². The Balaban J connectivity index is 2.23. The molecule has 1 fully saturated rings.